The van der Waals surface area contributed by atoms with Crippen LogP contribution in [0.2, 0.25) is 0 Å². The number of aromatic nitrogens is 4. The van der Waals surface area contributed by atoms with Crippen LogP contribution >= 0.6 is 0 Å². The lowest BCUT2D eigenvalue weighted by atomic mass is 10.4. The van der Waals surface area contributed by atoms with Gasteiger partial charge in [-0.2, -0.15) is 9.97 Å². The molecule has 2 aromatic rings. The second-order valence-electron chi connectivity index (χ2n) is 3.88. The predicted molar refractivity (Wildman–Crippen MR) is 67.5 cm³/mol. The zero-order valence-electron chi connectivity index (χ0n) is 10.7. The summed E-state index contributed by atoms with van der Waals surface area (Å²) in [5, 5.41) is 9.85. The normalized spacial score (nSPS) is 10.4. The number of anilines is 2. The molecule has 7 nitrogen and oxygen atoms in total. The van der Waals surface area contributed by atoms with E-state index in [0.717, 1.165) is 11.5 Å². The summed E-state index contributed by atoms with van der Waals surface area (Å²) in [7, 11) is 1.79. The van der Waals surface area contributed by atoms with Crippen molar-refractivity contribution in [3.63, 3.8) is 0 Å². The van der Waals surface area contributed by atoms with Gasteiger partial charge in [-0.1, -0.05) is 5.16 Å². The van der Waals surface area contributed by atoms with Gasteiger partial charge in [0.25, 0.3) is 0 Å². The smallest absolute Gasteiger partial charge is 0.228 e. The Morgan fingerprint density at radius 3 is 2.72 bits per heavy atom. The Morgan fingerprint density at radius 2 is 2.06 bits per heavy atom. The predicted octanol–water partition coefficient (Wildman–Crippen LogP) is 1.17. The van der Waals surface area contributed by atoms with Crippen LogP contribution in [0.5, 0.6) is 0 Å². The van der Waals surface area contributed by atoms with Gasteiger partial charge in [-0.15, -0.1) is 0 Å². The Morgan fingerprint density at radius 1 is 1.22 bits per heavy atom. The van der Waals surface area contributed by atoms with Crippen LogP contribution in [0.25, 0.3) is 0 Å². The van der Waals surface area contributed by atoms with Gasteiger partial charge in [-0.3, -0.25) is 0 Å². The number of nitrogens with zero attached hydrogens (tertiary/aromatic N) is 4. The van der Waals surface area contributed by atoms with E-state index in [-0.39, 0.29) is 0 Å². The molecule has 2 heterocycles. The quantitative estimate of drug-likeness (QED) is 0.821. The number of hydrogen-bond donors (Lipinski definition) is 2. The van der Waals surface area contributed by atoms with Gasteiger partial charge in [0.05, 0.1) is 0 Å². The fourth-order valence-electron chi connectivity index (χ4n) is 1.51. The molecule has 0 saturated heterocycles. The molecule has 0 unspecified atom stereocenters. The maximum atomic E-state index is 5.02. The van der Waals surface area contributed by atoms with Crippen LogP contribution in [-0.4, -0.2) is 33.7 Å². The summed E-state index contributed by atoms with van der Waals surface area (Å²) in [5.74, 6) is 2.66. The number of rotatable bonds is 5. The highest BCUT2D eigenvalue weighted by atomic mass is 16.5. The highest BCUT2D eigenvalue weighted by molar-refractivity contribution is 5.41. The van der Waals surface area contributed by atoms with E-state index in [1.807, 2.05) is 13.0 Å². The average Bonchev–Trinajstić information content (AvgIpc) is 2.74. The first-order valence-corrected chi connectivity index (χ1v) is 5.74. The van der Waals surface area contributed by atoms with Gasteiger partial charge in [0.2, 0.25) is 11.8 Å². The first-order valence-electron chi connectivity index (χ1n) is 5.74. The summed E-state index contributed by atoms with van der Waals surface area (Å²) >= 11 is 0. The summed E-state index contributed by atoms with van der Waals surface area (Å²) in [5.41, 5.74) is 0.908. The fourth-order valence-corrected chi connectivity index (χ4v) is 1.51. The largest absolute Gasteiger partial charge is 0.369 e. The molecule has 0 radical (unpaired) electrons. The Hall–Kier alpha value is -2.18. The zero-order valence-corrected chi connectivity index (χ0v) is 10.7. The molecule has 0 aliphatic carbocycles. The van der Waals surface area contributed by atoms with Crippen molar-refractivity contribution >= 4 is 11.8 Å². The molecular formula is C11H16N6O. The van der Waals surface area contributed by atoms with Crippen molar-refractivity contribution in [1.29, 1.82) is 0 Å². The van der Waals surface area contributed by atoms with Crippen LogP contribution in [0.1, 0.15) is 17.4 Å². The van der Waals surface area contributed by atoms with Crippen molar-refractivity contribution < 1.29 is 4.52 Å². The highest BCUT2D eigenvalue weighted by Gasteiger charge is 2.03. The van der Waals surface area contributed by atoms with Gasteiger partial charge < -0.3 is 15.2 Å². The molecule has 0 fully saturated rings. The lowest BCUT2D eigenvalue weighted by Crippen LogP contribution is -2.08. The van der Waals surface area contributed by atoms with Gasteiger partial charge in [-0.05, 0) is 13.8 Å². The zero-order chi connectivity index (χ0) is 13.0. The molecule has 2 rings (SSSR count). The first-order chi connectivity index (χ1) is 8.67. The Labute approximate surface area is 105 Å². The number of hydrogen-bond acceptors (Lipinski definition) is 7. The Kier molecular flexibility index (Phi) is 3.71. The van der Waals surface area contributed by atoms with Gasteiger partial charge in [0.1, 0.15) is 5.82 Å². The minimum Gasteiger partial charge on any atom is -0.369 e. The summed E-state index contributed by atoms with van der Waals surface area (Å²) in [4.78, 5) is 12.6. The third-order valence-corrected chi connectivity index (χ3v) is 2.29. The molecule has 0 spiro atoms. The van der Waals surface area contributed by atoms with Crippen LogP contribution in [-0.2, 0) is 6.42 Å². The van der Waals surface area contributed by atoms with E-state index in [2.05, 4.69) is 30.7 Å². The molecule has 0 saturated carbocycles. The van der Waals surface area contributed by atoms with Crippen LogP contribution in [0.4, 0.5) is 11.8 Å². The topological polar surface area (TPSA) is 88.8 Å². The second-order valence-corrected chi connectivity index (χ2v) is 3.88. The monoisotopic (exact) mass is 248 g/mol. The van der Waals surface area contributed by atoms with Crippen molar-refractivity contribution in [3.05, 3.63) is 23.5 Å². The van der Waals surface area contributed by atoms with E-state index in [4.69, 9.17) is 4.52 Å². The van der Waals surface area contributed by atoms with Gasteiger partial charge in [0.15, 0.2) is 5.82 Å². The molecule has 2 aromatic heterocycles. The van der Waals surface area contributed by atoms with Crippen molar-refractivity contribution in [2.24, 2.45) is 0 Å². The molecular weight excluding hydrogens is 232 g/mol. The molecule has 96 valence electrons. The van der Waals surface area contributed by atoms with Crippen LogP contribution < -0.4 is 10.6 Å². The summed E-state index contributed by atoms with van der Waals surface area (Å²) in [6, 6.07) is 1.89. The van der Waals surface area contributed by atoms with E-state index >= 15 is 0 Å². The second kappa shape index (κ2) is 5.44. The van der Waals surface area contributed by atoms with E-state index in [9.17, 15) is 0 Å². The van der Waals surface area contributed by atoms with Crippen LogP contribution in [0.15, 0.2) is 10.6 Å². The molecule has 0 aliphatic heterocycles. The van der Waals surface area contributed by atoms with Crippen molar-refractivity contribution in [1.82, 2.24) is 20.1 Å². The Bertz CT molecular complexity index is 524. The maximum absolute atomic E-state index is 5.02. The van der Waals surface area contributed by atoms with E-state index in [1.54, 1.807) is 14.0 Å². The minimum atomic E-state index is 0.603. The molecule has 0 bridgehead atoms. The maximum Gasteiger partial charge on any atom is 0.228 e. The number of aryl methyl sites for hydroxylation is 2. The summed E-state index contributed by atoms with van der Waals surface area (Å²) < 4.78 is 5.02. The minimum absolute atomic E-state index is 0.603. The van der Waals surface area contributed by atoms with Crippen molar-refractivity contribution in [2.75, 3.05) is 24.2 Å². The highest BCUT2D eigenvalue weighted by Crippen LogP contribution is 2.09. The van der Waals surface area contributed by atoms with Crippen LogP contribution in [0.3, 0.4) is 0 Å². The third-order valence-electron chi connectivity index (χ3n) is 2.29. The first kappa shape index (κ1) is 12.3. The third kappa shape index (κ3) is 3.16. The SMILES string of the molecule is CNc1nc(C)cc(NCCc2nc(C)no2)n1. The fraction of sp³-hybridized carbons (Fsp3) is 0.455. The van der Waals surface area contributed by atoms with Crippen molar-refractivity contribution in [3.8, 4) is 0 Å². The average molecular weight is 248 g/mol. The van der Waals surface area contributed by atoms with E-state index in [0.29, 0.717) is 30.6 Å². The molecule has 0 aliphatic rings. The van der Waals surface area contributed by atoms with Crippen molar-refractivity contribution in [2.45, 2.75) is 20.3 Å². The Balaban J connectivity index is 1.91. The molecule has 7 heteroatoms. The standard InChI is InChI=1S/C11H16N6O/c1-7-6-9(16-11(12-3)14-7)13-5-4-10-15-8(2)17-18-10/h6H,4-5H2,1-3H3,(H2,12,13,14,16). The lowest BCUT2D eigenvalue weighted by molar-refractivity contribution is 0.377. The summed E-state index contributed by atoms with van der Waals surface area (Å²) in [6.07, 6.45) is 0.665. The molecule has 0 atom stereocenters. The molecule has 0 aromatic carbocycles. The van der Waals surface area contributed by atoms with Crippen LogP contribution in [0, 0.1) is 13.8 Å². The van der Waals surface area contributed by atoms with Gasteiger partial charge in [-0.25, -0.2) is 4.98 Å². The van der Waals surface area contributed by atoms with E-state index < -0.39 is 0 Å². The van der Waals surface area contributed by atoms with Gasteiger partial charge in [0, 0.05) is 31.8 Å². The number of nitrogens with one attached hydrogen (secondary N) is 2. The van der Waals surface area contributed by atoms with Gasteiger partial charge >= 0.3 is 0 Å². The van der Waals surface area contributed by atoms with E-state index in [1.165, 1.54) is 0 Å². The molecule has 0 amide bonds. The lowest BCUT2D eigenvalue weighted by Gasteiger charge is -2.06. The molecule has 2 N–H and O–H groups in total. The molecule has 18 heavy (non-hydrogen) atoms. The summed E-state index contributed by atoms with van der Waals surface area (Å²) in [6.45, 7) is 4.41.